The molecule has 1 aromatic heterocycles. The van der Waals surface area contributed by atoms with Gasteiger partial charge in [-0.15, -0.1) is 0 Å². The third kappa shape index (κ3) is 3.64. The monoisotopic (exact) mass is 356 g/mol. The fourth-order valence-electron chi connectivity index (χ4n) is 5.03. The summed E-state index contributed by atoms with van der Waals surface area (Å²) in [4.78, 5) is 27.0. The molecule has 0 radical (unpaired) electrons. The lowest BCUT2D eigenvalue weighted by molar-refractivity contribution is 0.0721. The predicted molar refractivity (Wildman–Crippen MR) is 102 cm³/mol. The van der Waals surface area contributed by atoms with Gasteiger partial charge < -0.3 is 4.90 Å². The zero-order valence-corrected chi connectivity index (χ0v) is 16.1. The average molecular weight is 357 g/mol. The van der Waals surface area contributed by atoms with Gasteiger partial charge in [0.25, 0.3) is 5.91 Å². The minimum atomic E-state index is 0.116. The standard InChI is InChI=1S/C21H32N4O/c1-16-18(21(26)24-12-6-2-7-13-24)15-22-20(23-16)19-11-5-8-14-25(19)17-9-3-4-10-17/h15,17,19H,2-14H2,1H3/t19-/m1/s1. The molecule has 2 saturated heterocycles. The van der Waals surface area contributed by atoms with E-state index in [0.29, 0.717) is 17.6 Å². The van der Waals surface area contributed by atoms with E-state index in [-0.39, 0.29) is 5.91 Å². The maximum atomic E-state index is 12.8. The van der Waals surface area contributed by atoms with Gasteiger partial charge in [-0.1, -0.05) is 19.3 Å². The second-order valence-corrected chi connectivity index (χ2v) is 8.27. The summed E-state index contributed by atoms with van der Waals surface area (Å²) < 4.78 is 0. The van der Waals surface area contributed by atoms with Crippen molar-refractivity contribution in [3.63, 3.8) is 0 Å². The topological polar surface area (TPSA) is 49.3 Å². The van der Waals surface area contributed by atoms with Crippen molar-refractivity contribution in [3.05, 3.63) is 23.3 Å². The van der Waals surface area contributed by atoms with E-state index in [1.807, 2.05) is 11.8 Å². The highest BCUT2D eigenvalue weighted by molar-refractivity contribution is 5.95. The molecule has 1 saturated carbocycles. The summed E-state index contributed by atoms with van der Waals surface area (Å²) in [6.07, 6.45) is 14.3. The van der Waals surface area contributed by atoms with Gasteiger partial charge in [0, 0.05) is 25.3 Å². The molecule has 3 heterocycles. The van der Waals surface area contributed by atoms with Gasteiger partial charge in [-0.25, -0.2) is 9.97 Å². The van der Waals surface area contributed by atoms with Crippen LogP contribution in [0.15, 0.2) is 6.20 Å². The Labute approximate surface area is 157 Å². The van der Waals surface area contributed by atoms with Crippen molar-refractivity contribution in [3.8, 4) is 0 Å². The molecule has 1 aliphatic carbocycles. The molecule has 0 spiro atoms. The van der Waals surface area contributed by atoms with E-state index >= 15 is 0 Å². The Kier molecular flexibility index (Phi) is 5.53. The van der Waals surface area contributed by atoms with Gasteiger partial charge in [-0.3, -0.25) is 9.69 Å². The van der Waals surface area contributed by atoms with Gasteiger partial charge in [0.1, 0.15) is 5.82 Å². The number of amides is 1. The molecule has 1 atom stereocenters. The molecule has 0 aromatic carbocycles. The van der Waals surface area contributed by atoms with E-state index in [4.69, 9.17) is 9.97 Å². The summed E-state index contributed by atoms with van der Waals surface area (Å²) in [5.74, 6) is 1.05. The molecule has 1 amide bonds. The van der Waals surface area contributed by atoms with E-state index < -0.39 is 0 Å². The molecular formula is C21H32N4O. The van der Waals surface area contributed by atoms with Crippen LogP contribution in [0.2, 0.25) is 0 Å². The van der Waals surface area contributed by atoms with Crippen molar-refractivity contribution in [2.24, 2.45) is 0 Å². The molecule has 1 aromatic rings. The fraction of sp³-hybridized carbons (Fsp3) is 0.762. The summed E-state index contributed by atoms with van der Waals surface area (Å²) in [6, 6.07) is 1.04. The van der Waals surface area contributed by atoms with E-state index in [1.165, 1.54) is 51.5 Å². The molecule has 5 heteroatoms. The van der Waals surface area contributed by atoms with Gasteiger partial charge in [0.15, 0.2) is 0 Å². The molecule has 26 heavy (non-hydrogen) atoms. The maximum Gasteiger partial charge on any atom is 0.257 e. The number of likely N-dealkylation sites (tertiary alicyclic amines) is 2. The normalized spacial score (nSPS) is 25.6. The number of aromatic nitrogens is 2. The van der Waals surface area contributed by atoms with Crippen molar-refractivity contribution >= 4 is 5.91 Å². The summed E-state index contributed by atoms with van der Waals surface area (Å²) in [6.45, 7) is 4.90. The maximum absolute atomic E-state index is 12.8. The second-order valence-electron chi connectivity index (χ2n) is 8.27. The van der Waals surface area contributed by atoms with Crippen LogP contribution in [0.1, 0.15) is 92.1 Å². The van der Waals surface area contributed by atoms with Crippen molar-refractivity contribution in [1.29, 1.82) is 0 Å². The number of carbonyl (C=O) groups excluding carboxylic acids is 1. The molecule has 3 aliphatic rings. The lowest BCUT2D eigenvalue weighted by Crippen LogP contribution is -2.41. The van der Waals surface area contributed by atoms with Crippen LogP contribution in [0.25, 0.3) is 0 Å². The van der Waals surface area contributed by atoms with Crippen LogP contribution in [-0.2, 0) is 0 Å². The largest absolute Gasteiger partial charge is 0.339 e. The Balaban J connectivity index is 1.53. The molecule has 2 aliphatic heterocycles. The first-order valence-electron chi connectivity index (χ1n) is 10.6. The summed E-state index contributed by atoms with van der Waals surface area (Å²) in [5, 5.41) is 0. The number of hydrogen-bond acceptors (Lipinski definition) is 4. The molecule has 0 N–H and O–H groups in total. The lowest BCUT2D eigenvalue weighted by Gasteiger charge is -2.39. The average Bonchev–Trinajstić information content (AvgIpc) is 3.23. The highest BCUT2D eigenvalue weighted by atomic mass is 16.2. The van der Waals surface area contributed by atoms with Crippen molar-refractivity contribution in [2.75, 3.05) is 19.6 Å². The second kappa shape index (κ2) is 8.03. The number of carbonyl (C=O) groups is 1. The third-order valence-corrected chi connectivity index (χ3v) is 6.51. The first-order valence-corrected chi connectivity index (χ1v) is 10.6. The van der Waals surface area contributed by atoms with Gasteiger partial charge in [-0.2, -0.15) is 0 Å². The SMILES string of the molecule is Cc1nc([C@H]2CCCCN2C2CCCC2)ncc1C(=O)N1CCCCC1. The lowest BCUT2D eigenvalue weighted by atomic mass is 9.98. The first kappa shape index (κ1) is 17.9. The number of nitrogens with zero attached hydrogens (tertiary/aromatic N) is 4. The van der Waals surface area contributed by atoms with E-state index in [0.717, 1.165) is 43.9 Å². The minimum absolute atomic E-state index is 0.116. The van der Waals surface area contributed by atoms with Crippen molar-refractivity contribution < 1.29 is 4.79 Å². The van der Waals surface area contributed by atoms with Gasteiger partial charge in [0.2, 0.25) is 0 Å². The van der Waals surface area contributed by atoms with Crippen LogP contribution in [-0.4, -0.2) is 51.4 Å². The Morgan fingerprint density at radius 2 is 1.65 bits per heavy atom. The zero-order chi connectivity index (χ0) is 17.9. The van der Waals surface area contributed by atoms with Gasteiger partial charge in [-0.05, 0) is 58.4 Å². The first-order chi connectivity index (χ1) is 12.7. The molecule has 142 valence electrons. The quantitative estimate of drug-likeness (QED) is 0.825. The van der Waals surface area contributed by atoms with Crippen LogP contribution < -0.4 is 0 Å². The minimum Gasteiger partial charge on any atom is -0.339 e. The highest BCUT2D eigenvalue weighted by Gasteiger charge is 2.33. The van der Waals surface area contributed by atoms with Crippen LogP contribution in [0.5, 0.6) is 0 Å². The van der Waals surface area contributed by atoms with Crippen LogP contribution in [0, 0.1) is 6.92 Å². The summed E-state index contributed by atoms with van der Waals surface area (Å²) in [7, 11) is 0. The summed E-state index contributed by atoms with van der Waals surface area (Å²) in [5.41, 5.74) is 1.54. The smallest absolute Gasteiger partial charge is 0.257 e. The molecular weight excluding hydrogens is 324 g/mol. The van der Waals surface area contributed by atoms with E-state index in [2.05, 4.69) is 4.90 Å². The van der Waals surface area contributed by atoms with Gasteiger partial charge in [0.05, 0.1) is 17.3 Å². The Hall–Kier alpha value is -1.49. The van der Waals surface area contributed by atoms with Crippen LogP contribution in [0.3, 0.4) is 0 Å². The van der Waals surface area contributed by atoms with Crippen molar-refractivity contribution in [1.82, 2.24) is 19.8 Å². The van der Waals surface area contributed by atoms with Gasteiger partial charge >= 0.3 is 0 Å². The fourth-order valence-corrected chi connectivity index (χ4v) is 5.03. The number of piperidine rings is 2. The van der Waals surface area contributed by atoms with Crippen LogP contribution in [0.4, 0.5) is 0 Å². The molecule has 0 bridgehead atoms. The highest BCUT2D eigenvalue weighted by Crippen LogP contribution is 2.36. The molecule has 3 fully saturated rings. The number of hydrogen-bond donors (Lipinski definition) is 0. The van der Waals surface area contributed by atoms with E-state index in [1.54, 1.807) is 6.20 Å². The summed E-state index contributed by atoms with van der Waals surface area (Å²) >= 11 is 0. The third-order valence-electron chi connectivity index (χ3n) is 6.51. The predicted octanol–water partition coefficient (Wildman–Crippen LogP) is 3.88. The van der Waals surface area contributed by atoms with Crippen molar-refractivity contribution in [2.45, 2.75) is 83.2 Å². The van der Waals surface area contributed by atoms with E-state index in [9.17, 15) is 4.79 Å². The molecule has 0 unspecified atom stereocenters. The number of aryl methyl sites for hydroxylation is 1. The zero-order valence-electron chi connectivity index (χ0n) is 16.1. The van der Waals surface area contributed by atoms with Crippen LogP contribution >= 0.6 is 0 Å². The number of rotatable bonds is 3. The Bertz CT molecular complexity index is 635. The Morgan fingerprint density at radius 1 is 0.962 bits per heavy atom. The molecule has 5 nitrogen and oxygen atoms in total. The Morgan fingerprint density at radius 3 is 2.38 bits per heavy atom. The molecule has 4 rings (SSSR count).